The molecule has 0 spiro atoms. The van der Waals surface area contributed by atoms with Crippen molar-refractivity contribution in [2.75, 3.05) is 0 Å². The number of rotatable bonds is 0. The summed E-state index contributed by atoms with van der Waals surface area (Å²) in [6.07, 6.45) is 5.81. The Hall–Kier alpha value is -0.930. The van der Waals surface area contributed by atoms with Crippen LogP contribution in [0.5, 0.6) is 0 Å². The number of Topliss-reactive ketones (excluding diaryl/α,β-unsaturated/α-hetero) is 1. The van der Waals surface area contributed by atoms with Crippen molar-refractivity contribution < 1.29 is 15.0 Å². The Kier molecular flexibility index (Phi) is 3.89. The van der Waals surface area contributed by atoms with Crippen LogP contribution in [-0.2, 0) is 4.79 Å². The molecule has 0 unspecified atom stereocenters. The normalized spacial score (nSPS) is 50.7. The van der Waals surface area contributed by atoms with Gasteiger partial charge in [0.15, 0.2) is 5.78 Å². The first-order chi connectivity index (χ1) is 10.6. The quantitative estimate of drug-likeness (QED) is 0.674. The zero-order valence-corrected chi connectivity index (χ0v) is 15.0. The SMILES string of the molecule is C/C1=C/[C@H]2[C@@H](O)[C@@H](C)C[C@]2(O)C(=O)/C(C)=C/[C@@H]2[C@H](CC1)C2(C)C. The van der Waals surface area contributed by atoms with E-state index in [9.17, 15) is 15.0 Å². The van der Waals surface area contributed by atoms with Gasteiger partial charge < -0.3 is 10.2 Å². The molecule has 2 saturated carbocycles. The summed E-state index contributed by atoms with van der Waals surface area (Å²) in [5.74, 6) is 0.265. The molecule has 3 nitrogen and oxygen atoms in total. The van der Waals surface area contributed by atoms with E-state index in [1.807, 2.05) is 19.9 Å². The first-order valence-electron chi connectivity index (χ1n) is 8.90. The second-order valence-electron chi connectivity index (χ2n) is 8.81. The van der Waals surface area contributed by atoms with E-state index in [1.54, 1.807) is 0 Å². The average Bonchev–Trinajstić information content (AvgIpc) is 2.90. The van der Waals surface area contributed by atoms with Crippen LogP contribution in [0.25, 0.3) is 0 Å². The molecule has 3 aliphatic carbocycles. The molecule has 3 aliphatic rings. The van der Waals surface area contributed by atoms with Gasteiger partial charge in [0.25, 0.3) is 0 Å². The molecule has 2 N–H and O–H groups in total. The van der Waals surface area contributed by atoms with E-state index in [4.69, 9.17) is 0 Å². The third-order valence-electron chi connectivity index (χ3n) is 6.77. The highest BCUT2D eigenvalue weighted by molar-refractivity contribution is 6.02. The predicted octanol–water partition coefficient (Wildman–Crippen LogP) is 3.26. The Labute approximate surface area is 139 Å². The molecule has 0 aromatic rings. The summed E-state index contributed by atoms with van der Waals surface area (Å²) < 4.78 is 0. The molecule has 0 saturated heterocycles. The van der Waals surface area contributed by atoms with Crippen LogP contribution in [0.4, 0.5) is 0 Å². The summed E-state index contributed by atoms with van der Waals surface area (Å²) in [6, 6.07) is 0. The van der Waals surface area contributed by atoms with Gasteiger partial charge in [0, 0.05) is 5.92 Å². The minimum absolute atomic E-state index is 0.0705. The van der Waals surface area contributed by atoms with Gasteiger partial charge in [-0.2, -0.15) is 0 Å². The molecule has 3 rings (SSSR count). The Bertz CT molecular complexity index is 586. The largest absolute Gasteiger partial charge is 0.392 e. The molecule has 0 bridgehead atoms. The highest BCUT2D eigenvalue weighted by atomic mass is 16.3. The minimum atomic E-state index is -1.46. The Balaban J connectivity index is 2.03. The van der Waals surface area contributed by atoms with Crippen molar-refractivity contribution in [1.29, 1.82) is 0 Å². The van der Waals surface area contributed by atoms with Crippen molar-refractivity contribution in [2.24, 2.45) is 29.1 Å². The van der Waals surface area contributed by atoms with Gasteiger partial charge in [-0.25, -0.2) is 0 Å². The number of allylic oxidation sites excluding steroid dienone is 2. The second-order valence-corrected chi connectivity index (χ2v) is 8.81. The van der Waals surface area contributed by atoms with Gasteiger partial charge in [0.2, 0.25) is 0 Å². The van der Waals surface area contributed by atoms with E-state index in [1.165, 1.54) is 5.57 Å². The summed E-state index contributed by atoms with van der Waals surface area (Å²) in [5.41, 5.74) is 0.619. The van der Waals surface area contributed by atoms with Crippen LogP contribution in [0, 0.1) is 29.1 Å². The standard InChI is InChI=1S/C20H30O3/c1-11-6-7-14-15(19(14,4)5)9-12(2)18(22)20(23)10-13(3)17(21)16(20)8-11/h8-9,13-17,21,23H,6-7,10H2,1-5H3/b11-8-,12-9+/t13-,14-,15+,16-,17-,20+/m0/s1. The number of hydrogen-bond donors (Lipinski definition) is 2. The van der Waals surface area contributed by atoms with Gasteiger partial charge in [-0.05, 0) is 61.9 Å². The number of fused-ring (bicyclic) bond motifs is 2. The summed E-state index contributed by atoms with van der Waals surface area (Å²) in [4.78, 5) is 13.0. The second kappa shape index (κ2) is 5.29. The number of aliphatic hydroxyl groups is 2. The Morgan fingerprint density at radius 3 is 2.48 bits per heavy atom. The highest BCUT2D eigenvalue weighted by Gasteiger charge is 2.58. The molecule has 0 aromatic heterocycles. The molecule has 0 heterocycles. The van der Waals surface area contributed by atoms with Crippen LogP contribution in [0.15, 0.2) is 23.3 Å². The topological polar surface area (TPSA) is 57.5 Å². The molecule has 128 valence electrons. The third-order valence-corrected chi connectivity index (χ3v) is 6.77. The van der Waals surface area contributed by atoms with Crippen LogP contribution in [0.1, 0.15) is 53.9 Å². The molecule has 2 fully saturated rings. The van der Waals surface area contributed by atoms with Crippen molar-refractivity contribution in [2.45, 2.75) is 65.6 Å². The Morgan fingerprint density at radius 1 is 1.17 bits per heavy atom. The summed E-state index contributed by atoms with van der Waals surface area (Å²) >= 11 is 0. The van der Waals surface area contributed by atoms with Crippen LogP contribution in [0.2, 0.25) is 0 Å². The fraction of sp³-hybridized carbons (Fsp3) is 0.750. The average molecular weight is 318 g/mol. The van der Waals surface area contributed by atoms with Crippen LogP contribution < -0.4 is 0 Å². The molecule has 0 radical (unpaired) electrons. The zero-order chi connectivity index (χ0) is 17.2. The number of hydrogen-bond acceptors (Lipinski definition) is 3. The Morgan fingerprint density at radius 2 is 1.83 bits per heavy atom. The monoisotopic (exact) mass is 318 g/mol. The maximum atomic E-state index is 13.0. The fourth-order valence-electron chi connectivity index (χ4n) is 4.99. The van der Waals surface area contributed by atoms with E-state index in [2.05, 4.69) is 26.8 Å². The fourth-order valence-corrected chi connectivity index (χ4v) is 4.99. The molecule has 0 aromatic carbocycles. The first-order valence-corrected chi connectivity index (χ1v) is 8.90. The van der Waals surface area contributed by atoms with E-state index >= 15 is 0 Å². The molecular formula is C20H30O3. The maximum Gasteiger partial charge on any atom is 0.190 e. The van der Waals surface area contributed by atoms with Crippen molar-refractivity contribution in [3.63, 3.8) is 0 Å². The molecule has 3 heteroatoms. The smallest absolute Gasteiger partial charge is 0.190 e. The number of aliphatic hydroxyl groups excluding tert-OH is 1. The number of carbonyl (C=O) groups excluding carboxylic acids is 1. The summed E-state index contributed by atoms with van der Waals surface area (Å²) in [7, 11) is 0. The van der Waals surface area contributed by atoms with Crippen molar-refractivity contribution in [1.82, 2.24) is 0 Å². The molecule has 0 aliphatic heterocycles. The lowest BCUT2D eigenvalue weighted by atomic mass is 9.81. The number of carbonyl (C=O) groups is 1. The molecule has 0 amide bonds. The minimum Gasteiger partial charge on any atom is -0.392 e. The van der Waals surface area contributed by atoms with E-state index < -0.39 is 17.6 Å². The highest BCUT2D eigenvalue weighted by Crippen LogP contribution is 2.62. The lowest BCUT2D eigenvalue weighted by Crippen LogP contribution is -2.44. The zero-order valence-electron chi connectivity index (χ0n) is 15.0. The van der Waals surface area contributed by atoms with Crippen molar-refractivity contribution in [3.8, 4) is 0 Å². The van der Waals surface area contributed by atoms with Crippen LogP contribution in [-0.4, -0.2) is 27.7 Å². The van der Waals surface area contributed by atoms with Crippen molar-refractivity contribution in [3.05, 3.63) is 23.3 Å². The van der Waals surface area contributed by atoms with Gasteiger partial charge in [-0.1, -0.05) is 38.5 Å². The molecule has 23 heavy (non-hydrogen) atoms. The molecular weight excluding hydrogens is 288 g/mol. The van der Waals surface area contributed by atoms with Gasteiger partial charge in [0.1, 0.15) is 5.60 Å². The van der Waals surface area contributed by atoms with E-state index in [0.717, 1.165) is 12.8 Å². The lowest BCUT2D eigenvalue weighted by Gasteiger charge is -2.29. The van der Waals surface area contributed by atoms with E-state index in [0.29, 0.717) is 23.8 Å². The lowest BCUT2D eigenvalue weighted by molar-refractivity contribution is -0.136. The van der Waals surface area contributed by atoms with Gasteiger partial charge in [0.05, 0.1) is 6.10 Å². The van der Waals surface area contributed by atoms with Gasteiger partial charge in [-0.3, -0.25) is 4.79 Å². The van der Waals surface area contributed by atoms with Crippen LogP contribution in [0.3, 0.4) is 0 Å². The first kappa shape index (κ1) is 16.9. The number of ketones is 1. The van der Waals surface area contributed by atoms with Crippen LogP contribution >= 0.6 is 0 Å². The maximum absolute atomic E-state index is 13.0. The predicted molar refractivity (Wildman–Crippen MR) is 90.7 cm³/mol. The van der Waals surface area contributed by atoms with Gasteiger partial charge in [-0.15, -0.1) is 0 Å². The summed E-state index contributed by atoms with van der Waals surface area (Å²) in [6.45, 7) is 10.3. The summed E-state index contributed by atoms with van der Waals surface area (Å²) in [5, 5.41) is 21.7. The molecule has 6 atom stereocenters. The third kappa shape index (κ3) is 2.53. The van der Waals surface area contributed by atoms with Crippen molar-refractivity contribution >= 4 is 5.78 Å². The van der Waals surface area contributed by atoms with Gasteiger partial charge >= 0.3 is 0 Å². The van der Waals surface area contributed by atoms with E-state index in [-0.39, 0.29) is 17.1 Å².